The van der Waals surface area contributed by atoms with E-state index in [4.69, 9.17) is 4.74 Å². The van der Waals surface area contributed by atoms with Gasteiger partial charge in [-0.05, 0) is 31.5 Å². The van der Waals surface area contributed by atoms with E-state index >= 15 is 0 Å². The minimum Gasteiger partial charge on any atom is -0.462 e. The molecule has 1 aromatic heterocycles. The van der Waals surface area contributed by atoms with E-state index in [1.807, 2.05) is 24.3 Å². The van der Waals surface area contributed by atoms with Crippen molar-refractivity contribution in [3.63, 3.8) is 0 Å². The molecule has 0 aliphatic carbocycles. The first kappa shape index (κ1) is 15.7. The molecule has 110 valence electrons. The quantitative estimate of drug-likeness (QED) is 0.495. The Balaban J connectivity index is 2.04. The number of esters is 1. The van der Waals surface area contributed by atoms with Crippen molar-refractivity contribution in [2.45, 2.75) is 13.8 Å². The van der Waals surface area contributed by atoms with Crippen LogP contribution >= 0.6 is 27.3 Å². The highest BCUT2D eigenvalue weighted by Crippen LogP contribution is 2.23. The minimum absolute atomic E-state index is 0.347. The summed E-state index contributed by atoms with van der Waals surface area (Å²) < 4.78 is 5.96. The number of nitrogens with zero attached hydrogens (tertiary/aromatic N) is 2. The number of anilines is 1. The molecule has 1 heterocycles. The van der Waals surface area contributed by atoms with E-state index in [9.17, 15) is 4.79 Å². The Bertz CT molecular complexity index is 670. The number of ether oxygens (including phenoxy) is 1. The molecule has 0 atom stereocenters. The minimum atomic E-state index is -0.350. The van der Waals surface area contributed by atoms with Crippen LogP contribution in [0.25, 0.3) is 0 Å². The van der Waals surface area contributed by atoms with Gasteiger partial charge in [-0.1, -0.05) is 39.4 Å². The lowest BCUT2D eigenvalue weighted by Crippen LogP contribution is -2.03. The highest BCUT2D eigenvalue weighted by atomic mass is 79.9. The topological polar surface area (TPSA) is 63.6 Å². The molecule has 0 saturated carbocycles. The van der Waals surface area contributed by atoms with E-state index in [0.717, 1.165) is 10.0 Å². The van der Waals surface area contributed by atoms with Gasteiger partial charge in [0.2, 0.25) is 5.13 Å². The van der Waals surface area contributed by atoms with Crippen LogP contribution in [0.4, 0.5) is 5.13 Å². The Kier molecular flexibility index (Phi) is 5.46. The number of carbonyl (C=O) groups excluding carboxylic acids is 1. The number of benzene rings is 1. The van der Waals surface area contributed by atoms with Crippen LogP contribution in [0.3, 0.4) is 0 Å². The van der Waals surface area contributed by atoms with Gasteiger partial charge in [0.25, 0.3) is 0 Å². The van der Waals surface area contributed by atoms with Crippen molar-refractivity contribution >= 4 is 44.6 Å². The third-order valence-electron chi connectivity index (χ3n) is 2.48. The fourth-order valence-corrected chi connectivity index (χ4v) is 2.81. The van der Waals surface area contributed by atoms with Gasteiger partial charge in [-0.15, -0.1) is 0 Å². The predicted molar refractivity (Wildman–Crippen MR) is 88.2 cm³/mol. The fourth-order valence-electron chi connectivity index (χ4n) is 1.58. The van der Waals surface area contributed by atoms with Crippen molar-refractivity contribution in [1.82, 2.24) is 4.98 Å². The summed E-state index contributed by atoms with van der Waals surface area (Å²) in [4.78, 5) is 16.4. The molecule has 2 aromatic rings. The molecule has 2 rings (SSSR count). The van der Waals surface area contributed by atoms with Gasteiger partial charge in [0.05, 0.1) is 18.5 Å². The maximum absolute atomic E-state index is 11.7. The van der Waals surface area contributed by atoms with Crippen LogP contribution in [0, 0.1) is 6.92 Å². The Hall–Kier alpha value is -1.73. The van der Waals surface area contributed by atoms with Gasteiger partial charge in [-0.25, -0.2) is 9.78 Å². The smallest absolute Gasteiger partial charge is 0.350 e. The van der Waals surface area contributed by atoms with Gasteiger partial charge < -0.3 is 4.74 Å². The first-order valence-corrected chi connectivity index (χ1v) is 7.90. The Labute approximate surface area is 135 Å². The number of hydrogen-bond donors (Lipinski definition) is 1. The number of aryl methyl sites for hydroxylation is 1. The zero-order chi connectivity index (χ0) is 15.2. The normalized spacial score (nSPS) is 10.8. The fraction of sp³-hybridized carbons (Fsp3) is 0.214. The average molecular weight is 368 g/mol. The van der Waals surface area contributed by atoms with Crippen LogP contribution in [0.15, 0.2) is 33.8 Å². The monoisotopic (exact) mass is 367 g/mol. The third-order valence-corrected chi connectivity index (χ3v) is 4.02. The maximum Gasteiger partial charge on any atom is 0.350 e. The summed E-state index contributed by atoms with van der Waals surface area (Å²) in [5.41, 5.74) is 4.42. The second-order valence-electron chi connectivity index (χ2n) is 4.08. The molecule has 0 saturated heterocycles. The summed E-state index contributed by atoms with van der Waals surface area (Å²) in [6.45, 7) is 3.89. The summed E-state index contributed by atoms with van der Waals surface area (Å²) in [6, 6.07) is 7.76. The maximum atomic E-state index is 11.7. The molecule has 0 bridgehead atoms. The van der Waals surface area contributed by atoms with Crippen molar-refractivity contribution in [2.24, 2.45) is 5.10 Å². The molecule has 1 N–H and O–H groups in total. The van der Waals surface area contributed by atoms with E-state index in [0.29, 0.717) is 22.3 Å². The van der Waals surface area contributed by atoms with E-state index in [1.165, 1.54) is 11.3 Å². The van der Waals surface area contributed by atoms with Crippen LogP contribution in [0.5, 0.6) is 0 Å². The molecule has 7 heteroatoms. The van der Waals surface area contributed by atoms with E-state index in [2.05, 4.69) is 31.4 Å². The van der Waals surface area contributed by atoms with E-state index in [1.54, 1.807) is 20.1 Å². The Morgan fingerprint density at radius 2 is 2.38 bits per heavy atom. The number of nitrogens with one attached hydrogen (secondary N) is 1. The van der Waals surface area contributed by atoms with Gasteiger partial charge in [0, 0.05) is 4.47 Å². The number of halogens is 1. The molecule has 0 amide bonds. The van der Waals surface area contributed by atoms with E-state index < -0.39 is 0 Å². The second kappa shape index (κ2) is 7.33. The molecule has 5 nitrogen and oxygen atoms in total. The number of carbonyl (C=O) groups is 1. The van der Waals surface area contributed by atoms with Gasteiger partial charge in [-0.2, -0.15) is 5.10 Å². The van der Waals surface area contributed by atoms with Gasteiger partial charge >= 0.3 is 5.97 Å². The standard InChI is InChI=1S/C14H14BrN3O2S/c1-3-20-13(19)12-9(2)17-14(21-12)18-16-8-10-5-4-6-11(15)7-10/h4-8H,3H2,1-2H3,(H,17,18)/b16-8+. The summed E-state index contributed by atoms with van der Waals surface area (Å²) in [5.74, 6) is -0.350. The lowest BCUT2D eigenvalue weighted by molar-refractivity contribution is 0.0531. The van der Waals surface area contributed by atoms with Crippen molar-refractivity contribution < 1.29 is 9.53 Å². The average Bonchev–Trinajstić information content (AvgIpc) is 2.80. The molecule has 0 radical (unpaired) electrons. The summed E-state index contributed by atoms with van der Waals surface area (Å²) in [6.07, 6.45) is 1.69. The zero-order valence-corrected chi connectivity index (χ0v) is 14.0. The molecular weight excluding hydrogens is 354 g/mol. The summed E-state index contributed by atoms with van der Waals surface area (Å²) in [5, 5.41) is 4.67. The van der Waals surface area contributed by atoms with Crippen molar-refractivity contribution in [3.8, 4) is 0 Å². The lowest BCUT2D eigenvalue weighted by atomic mass is 10.2. The molecule has 0 spiro atoms. The highest BCUT2D eigenvalue weighted by Gasteiger charge is 2.15. The number of hydrogen-bond acceptors (Lipinski definition) is 6. The Morgan fingerprint density at radius 1 is 1.57 bits per heavy atom. The summed E-state index contributed by atoms with van der Waals surface area (Å²) in [7, 11) is 0. The van der Waals surface area contributed by atoms with Crippen molar-refractivity contribution in [3.05, 3.63) is 44.9 Å². The number of aromatic nitrogens is 1. The van der Waals surface area contributed by atoms with Crippen LogP contribution in [0.2, 0.25) is 0 Å². The highest BCUT2D eigenvalue weighted by molar-refractivity contribution is 9.10. The van der Waals surface area contributed by atoms with Gasteiger partial charge in [0.1, 0.15) is 4.88 Å². The van der Waals surface area contributed by atoms with Crippen LogP contribution in [-0.2, 0) is 4.74 Å². The molecular formula is C14H14BrN3O2S. The number of hydrazone groups is 1. The zero-order valence-electron chi connectivity index (χ0n) is 11.6. The van der Waals surface area contributed by atoms with Crippen LogP contribution in [-0.4, -0.2) is 23.8 Å². The first-order chi connectivity index (χ1) is 10.1. The van der Waals surface area contributed by atoms with Crippen LogP contribution in [0.1, 0.15) is 27.9 Å². The van der Waals surface area contributed by atoms with Gasteiger partial charge in [-0.3, -0.25) is 5.43 Å². The molecule has 0 aliphatic rings. The van der Waals surface area contributed by atoms with Crippen molar-refractivity contribution in [1.29, 1.82) is 0 Å². The SMILES string of the molecule is CCOC(=O)c1sc(N/N=C/c2cccc(Br)c2)nc1C. The molecule has 0 fully saturated rings. The largest absolute Gasteiger partial charge is 0.462 e. The van der Waals surface area contributed by atoms with E-state index in [-0.39, 0.29) is 5.97 Å². The number of rotatable bonds is 5. The van der Waals surface area contributed by atoms with Gasteiger partial charge in [0.15, 0.2) is 0 Å². The van der Waals surface area contributed by atoms with Crippen molar-refractivity contribution in [2.75, 3.05) is 12.0 Å². The third kappa shape index (κ3) is 4.37. The molecule has 0 unspecified atom stereocenters. The molecule has 0 aliphatic heterocycles. The van der Waals surface area contributed by atoms with Crippen LogP contribution < -0.4 is 5.43 Å². The summed E-state index contributed by atoms with van der Waals surface area (Å²) >= 11 is 4.62. The first-order valence-electron chi connectivity index (χ1n) is 6.29. The predicted octanol–water partition coefficient (Wildman–Crippen LogP) is 3.84. The number of thiazole rings is 1. The second-order valence-corrected chi connectivity index (χ2v) is 5.99. The lowest BCUT2D eigenvalue weighted by Gasteiger charge is -1.97. The Morgan fingerprint density at radius 3 is 3.10 bits per heavy atom. The molecule has 1 aromatic carbocycles. The molecule has 21 heavy (non-hydrogen) atoms.